The van der Waals surface area contributed by atoms with Crippen molar-refractivity contribution >= 4 is 26.1 Å². The van der Waals surface area contributed by atoms with Gasteiger partial charge in [0.25, 0.3) is 10.1 Å². The third-order valence-corrected chi connectivity index (χ3v) is 5.89. The van der Waals surface area contributed by atoms with Crippen molar-refractivity contribution < 1.29 is 30.9 Å². The highest BCUT2D eigenvalue weighted by Crippen LogP contribution is 2.29. The van der Waals surface area contributed by atoms with Crippen LogP contribution >= 0.6 is 0 Å². The Kier molecular flexibility index (Phi) is 4.95. The summed E-state index contributed by atoms with van der Waals surface area (Å²) in [7, 11) is -8.17. The van der Waals surface area contributed by atoms with Crippen molar-refractivity contribution in [3.63, 3.8) is 0 Å². The van der Waals surface area contributed by atoms with Gasteiger partial charge in [-0.25, -0.2) is 8.42 Å². The fraction of sp³-hybridized carbons (Fsp3) is 0.385. The third kappa shape index (κ3) is 3.73. The number of nitrogens with zero attached hydrogens (tertiary/aromatic N) is 2. The lowest BCUT2D eigenvalue weighted by molar-refractivity contribution is -0.142. The Morgan fingerprint density at radius 2 is 2.04 bits per heavy atom. The van der Waals surface area contributed by atoms with Gasteiger partial charge in [0.2, 0.25) is 10.0 Å². The Bertz CT molecular complexity index is 902. The first-order valence-corrected chi connectivity index (χ1v) is 9.95. The molecule has 0 radical (unpaired) electrons. The largest absolute Gasteiger partial charge is 0.480 e. The number of rotatable bonds is 5. The molecule has 1 aliphatic heterocycles. The lowest BCUT2D eigenvalue weighted by Gasteiger charge is -2.23. The molecule has 0 amide bonds. The maximum atomic E-state index is 12.7. The smallest absolute Gasteiger partial charge is 0.324 e. The monoisotopic (exact) mass is 374 g/mol. The van der Waals surface area contributed by atoms with Gasteiger partial charge in [0.05, 0.1) is 22.8 Å². The number of aliphatic carboxylic acids is 1. The van der Waals surface area contributed by atoms with Gasteiger partial charge in [-0.3, -0.25) is 8.98 Å². The van der Waals surface area contributed by atoms with Crippen molar-refractivity contribution in [2.75, 3.05) is 12.8 Å². The van der Waals surface area contributed by atoms with Gasteiger partial charge in [0.1, 0.15) is 12.1 Å². The predicted molar refractivity (Wildman–Crippen MR) is 80.8 cm³/mol. The topological polar surface area (TPSA) is 142 Å². The van der Waals surface area contributed by atoms with E-state index in [0.717, 1.165) is 12.3 Å². The summed E-state index contributed by atoms with van der Waals surface area (Å²) >= 11 is 0. The van der Waals surface area contributed by atoms with Gasteiger partial charge in [-0.2, -0.15) is 18.0 Å². The molecule has 11 heteroatoms. The van der Waals surface area contributed by atoms with Gasteiger partial charge in [-0.05, 0) is 24.6 Å². The molecule has 0 unspecified atom stereocenters. The zero-order valence-electron chi connectivity index (χ0n) is 12.5. The molecule has 0 spiro atoms. The normalized spacial score (nSPS) is 22.2. The van der Waals surface area contributed by atoms with Crippen molar-refractivity contribution in [2.45, 2.75) is 23.5 Å². The molecular weight excluding hydrogens is 360 g/mol. The Morgan fingerprint density at radius 3 is 2.58 bits per heavy atom. The van der Waals surface area contributed by atoms with Crippen LogP contribution in [0.2, 0.25) is 0 Å². The molecule has 0 bridgehead atoms. The number of hydrogen-bond acceptors (Lipinski definition) is 7. The van der Waals surface area contributed by atoms with Crippen LogP contribution in [0.25, 0.3) is 0 Å². The Labute approximate surface area is 139 Å². The summed E-state index contributed by atoms with van der Waals surface area (Å²) < 4.78 is 53.2. The molecule has 1 saturated heterocycles. The van der Waals surface area contributed by atoms with Crippen molar-refractivity contribution in [2.24, 2.45) is 0 Å². The lowest BCUT2D eigenvalue weighted by Crippen LogP contribution is -2.46. The average Bonchev–Trinajstić information content (AvgIpc) is 2.89. The van der Waals surface area contributed by atoms with Crippen molar-refractivity contribution in [3.8, 4) is 6.07 Å². The maximum Gasteiger partial charge on any atom is 0.324 e. The summed E-state index contributed by atoms with van der Waals surface area (Å²) in [6, 6.07) is 5.26. The van der Waals surface area contributed by atoms with E-state index in [0.29, 0.717) is 4.31 Å². The minimum Gasteiger partial charge on any atom is -0.480 e. The van der Waals surface area contributed by atoms with E-state index in [2.05, 4.69) is 0 Å². The first-order valence-electron chi connectivity index (χ1n) is 6.69. The van der Waals surface area contributed by atoms with Crippen LogP contribution in [0.1, 0.15) is 12.0 Å². The van der Waals surface area contributed by atoms with E-state index in [1.54, 1.807) is 6.07 Å². The fourth-order valence-corrected chi connectivity index (χ4v) is 4.79. The molecule has 2 rings (SSSR count). The van der Waals surface area contributed by atoms with Gasteiger partial charge in [0.15, 0.2) is 0 Å². The zero-order valence-corrected chi connectivity index (χ0v) is 14.1. The first kappa shape index (κ1) is 18.3. The molecule has 9 nitrogen and oxygen atoms in total. The van der Waals surface area contributed by atoms with Gasteiger partial charge >= 0.3 is 5.97 Å². The van der Waals surface area contributed by atoms with Crippen LogP contribution in [-0.2, 0) is 29.1 Å². The highest BCUT2D eigenvalue weighted by Gasteiger charge is 2.48. The Balaban J connectivity index is 2.42. The standard InChI is InChI=1S/C13H14N2O7S2/c1-23(18,19)22-11-5-6-15(12(11)13(16)17)24(20,21)10-4-2-3-9(7-10)8-14/h2-4,7,11-12H,5-6H2,1H3,(H,16,17)/t11-,12-/m0/s1. The van der Waals surface area contributed by atoms with Crippen molar-refractivity contribution in [1.82, 2.24) is 4.31 Å². The molecule has 1 heterocycles. The van der Waals surface area contributed by atoms with E-state index < -0.39 is 38.3 Å². The van der Waals surface area contributed by atoms with Crippen LogP contribution in [-0.4, -0.2) is 57.2 Å². The summed E-state index contributed by atoms with van der Waals surface area (Å²) in [5, 5.41) is 18.2. The third-order valence-electron chi connectivity index (χ3n) is 3.42. The number of nitriles is 1. The van der Waals surface area contributed by atoms with Gasteiger partial charge < -0.3 is 5.11 Å². The van der Waals surface area contributed by atoms with Crippen LogP contribution in [0.15, 0.2) is 29.2 Å². The van der Waals surface area contributed by atoms with Crippen LogP contribution in [0, 0.1) is 11.3 Å². The van der Waals surface area contributed by atoms with E-state index in [1.807, 2.05) is 0 Å². The number of sulfonamides is 1. The number of benzene rings is 1. The molecule has 1 N–H and O–H groups in total. The number of carboxylic acid groups (broad SMARTS) is 1. The fourth-order valence-electron chi connectivity index (χ4n) is 2.48. The second-order valence-electron chi connectivity index (χ2n) is 5.17. The SMILES string of the molecule is CS(=O)(=O)O[C@H]1CCN(S(=O)(=O)c2cccc(C#N)c2)[C@@H]1C(=O)O. The summed E-state index contributed by atoms with van der Waals surface area (Å²) in [6.07, 6.45) is -0.632. The van der Waals surface area contributed by atoms with Crippen LogP contribution < -0.4 is 0 Å². The molecule has 1 aromatic rings. The molecule has 24 heavy (non-hydrogen) atoms. The maximum absolute atomic E-state index is 12.7. The second-order valence-corrected chi connectivity index (χ2v) is 8.66. The highest BCUT2D eigenvalue weighted by molar-refractivity contribution is 7.89. The van der Waals surface area contributed by atoms with Crippen molar-refractivity contribution in [1.29, 1.82) is 5.26 Å². The molecule has 0 saturated carbocycles. The lowest BCUT2D eigenvalue weighted by atomic mass is 10.2. The Hall–Kier alpha value is -2.00. The summed E-state index contributed by atoms with van der Waals surface area (Å²) in [5.74, 6) is -1.51. The number of carboxylic acids is 1. The first-order chi connectivity index (χ1) is 11.1. The minimum atomic E-state index is -4.23. The number of carbonyl (C=O) groups is 1. The molecule has 2 atom stereocenters. The van der Waals surface area contributed by atoms with Crippen LogP contribution in [0.3, 0.4) is 0 Å². The minimum absolute atomic E-state index is 0.0821. The molecule has 0 aliphatic carbocycles. The number of hydrogen-bond donors (Lipinski definition) is 1. The molecule has 130 valence electrons. The summed E-state index contributed by atoms with van der Waals surface area (Å²) in [4.78, 5) is 11.2. The molecule has 0 aromatic heterocycles. The quantitative estimate of drug-likeness (QED) is 0.695. The average molecular weight is 374 g/mol. The highest BCUT2D eigenvalue weighted by atomic mass is 32.2. The van der Waals surface area contributed by atoms with E-state index >= 15 is 0 Å². The van der Waals surface area contributed by atoms with E-state index in [4.69, 9.17) is 9.44 Å². The second kappa shape index (κ2) is 6.48. The zero-order chi connectivity index (χ0) is 18.1. The Morgan fingerprint density at radius 1 is 1.38 bits per heavy atom. The molecule has 1 aliphatic rings. The summed E-state index contributed by atoms with van der Waals surface area (Å²) in [6.45, 7) is -0.212. The van der Waals surface area contributed by atoms with Gasteiger partial charge in [0, 0.05) is 6.54 Å². The van der Waals surface area contributed by atoms with Gasteiger partial charge in [-0.15, -0.1) is 0 Å². The summed E-state index contributed by atoms with van der Waals surface area (Å²) in [5.41, 5.74) is 0.103. The van der Waals surface area contributed by atoms with E-state index in [9.17, 15) is 26.7 Å². The van der Waals surface area contributed by atoms with Crippen molar-refractivity contribution in [3.05, 3.63) is 29.8 Å². The van der Waals surface area contributed by atoms with Crippen LogP contribution in [0.5, 0.6) is 0 Å². The predicted octanol–water partition coefficient (Wildman–Crippen LogP) is -0.249. The van der Waals surface area contributed by atoms with Crippen LogP contribution in [0.4, 0.5) is 0 Å². The molecule has 1 fully saturated rings. The van der Waals surface area contributed by atoms with E-state index in [-0.39, 0.29) is 23.4 Å². The molecular formula is C13H14N2O7S2. The molecule has 1 aromatic carbocycles. The van der Waals surface area contributed by atoms with Gasteiger partial charge in [-0.1, -0.05) is 6.07 Å². The van der Waals surface area contributed by atoms with E-state index in [1.165, 1.54) is 18.2 Å².